The van der Waals surface area contributed by atoms with Gasteiger partial charge in [0, 0.05) is 18.1 Å². The second-order valence-corrected chi connectivity index (χ2v) is 6.33. The van der Waals surface area contributed by atoms with Crippen LogP contribution in [0.25, 0.3) is 0 Å². The smallest absolute Gasteiger partial charge is 0.279 e. The highest BCUT2D eigenvalue weighted by molar-refractivity contribution is 5.92. The summed E-state index contributed by atoms with van der Waals surface area (Å²) in [5, 5.41) is 3.04. The van der Waals surface area contributed by atoms with Crippen molar-refractivity contribution in [1.29, 1.82) is 0 Å². The van der Waals surface area contributed by atoms with Gasteiger partial charge in [0.25, 0.3) is 5.91 Å². The van der Waals surface area contributed by atoms with Crippen LogP contribution >= 0.6 is 0 Å². The van der Waals surface area contributed by atoms with Gasteiger partial charge in [0.2, 0.25) is 5.95 Å². The second kappa shape index (κ2) is 7.40. The van der Waals surface area contributed by atoms with Gasteiger partial charge in [-0.15, -0.1) is 0 Å². The van der Waals surface area contributed by atoms with E-state index in [0.29, 0.717) is 6.54 Å². The summed E-state index contributed by atoms with van der Waals surface area (Å²) >= 11 is 0. The third-order valence-electron chi connectivity index (χ3n) is 4.38. The number of anilines is 2. The van der Waals surface area contributed by atoms with E-state index in [0.717, 1.165) is 48.9 Å². The fourth-order valence-corrected chi connectivity index (χ4v) is 2.95. The highest BCUT2D eigenvalue weighted by atomic mass is 16.2. The number of aromatic nitrogens is 2. The first kappa shape index (κ1) is 16.4. The van der Waals surface area contributed by atoms with Crippen molar-refractivity contribution >= 4 is 17.5 Å². The van der Waals surface area contributed by atoms with Crippen molar-refractivity contribution in [2.24, 2.45) is 0 Å². The quantitative estimate of drug-likeness (QED) is 0.856. The summed E-state index contributed by atoms with van der Waals surface area (Å²) in [6, 6.07) is 7.94. The number of rotatable bonds is 4. The summed E-state index contributed by atoms with van der Waals surface area (Å²) in [5.41, 5.74) is 3.16. The van der Waals surface area contributed by atoms with Crippen LogP contribution in [0.1, 0.15) is 11.1 Å². The lowest BCUT2D eigenvalue weighted by Gasteiger charge is -2.31. The molecule has 24 heavy (non-hydrogen) atoms. The number of carbonyl (C=O) groups is 1. The number of nitrogens with one attached hydrogen (secondary N) is 2. The normalized spacial score (nSPS) is 15.3. The van der Waals surface area contributed by atoms with Crippen molar-refractivity contribution < 1.29 is 9.69 Å². The van der Waals surface area contributed by atoms with Gasteiger partial charge in [-0.2, -0.15) is 0 Å². The topological polar surface area (TPSA) is 62.6 Å². The third kappa shape index (κ3) is 4.08. The Kier molecular flexibility index (Phi) is 5.05. The molecular weight excluding hydrogens is 302 g/mol. The summed E-state index contributed by atoms with van der Waals surface area (Å²) in [5.74, 6) is 0.847. The molecule has 6 nitrogen and oxygen atoms in total. The SMILES string of the molecule is Cc1ccc(C)c(NC(=O)C[NH+]2CCN(c3ncccn3)CC2)c1. The molecule has 1 aliphatic rings. The molecule has 2 aromatic rings. The summed E-state index contributed by atoms with van der Waals surface area (Å²) in [6.07, 6.45) is 3.53. The summed E-state index contributed by atoms with van der Waals surface area (Å²) in [7, 11) is 0. The monoisotopic (exact) mass is 326 g/mol. The molecule has 0 saturated carbocycles. The Bertz CT molecular complexity index is 696. The van der Waals surface area contributed by atoms with Crippen molar-refractivity contribution in [1.82, 2.24) is 9.97 Å². The van der Waals surface area contributed by atoms with Gasteiger partial charge in [0.05, 0.1) is 26.2 Å². The average Bonchev–Trinajstić information content (AvgIpc) is 2.59. The van der Waals surface area contributed by atoms with Gasteiger partial charge < -0.3 is 15.1 Å². The second-order valence-electron chi connectivity index (χ2n) is 6.33. The number of hydrogen-bond acceptors (Lipinski definition) is 4. The minimum absolute atomic E-state index is 0.0723. The molecule has 2 N–H and O–H groups in total. The van der Waals surface area contributed by atoms with Gasteiger partial charge in [0.1, 0.15) is 0 Å². The zero-order chi connectivity index (χ0) is 16.9. The molecular formula is C18H24N5O+. The summed E-state index contributed by atoms with van der Waals surface area (Å²) in [6.45, 7) is 8.12. The van der Waals surface area contributed by atoms with E-state index in [4.69, 9.17) is 0 Å². The van der Waals surface area contributed by atoms with Crippen LogP contribution in [0.2, 0.25) is 0 Å². The van der Waals surface area contributed by atoms with Crippen molar-refractivity contribution in [2.75, 3.05) is 42.9 Å². The van der Waals surface area contributed by atoms with E-state index >= 15 is 0 Å². The highest BCUT2D eigenvalue weighted by Gasteiger charge is 2.23. The number of benzene rings is 1. The van der Waals surface area contributed by atoms with Gasteiger partial charge >= 0.3 is 0 Å². The zero-order valence-electron chi connectivity index (χ0n) is 14.2. The lowest BCUT2D eigenvalue weighted by Crippen LogP contribution is -3.15. The summed E-state index contributed by atoms with van der Waals surface area (Å²) < 4.78 is 0. The van der Waals surface area contributed by atoms with Crippen molar-refractivity contribution in [2.45, 2.75) is 13.8 Å². The molecule has 126 valence electrons. The molecule has 0 radical (unpaired) electrons. The van der Waals surface area contributed by atoms with Crippen LogP contribution in [-0.2, 0) is 4.79 Å². The Labute approximate surface area is 142 Å². The van der Waals surface area contributed by atoms with Crippen molar-refractivity contribution in [3.8, 4) is 0 Å². The summed E-state index contributed by atoms with van der Waals surface area (Å²) in [4.78, 5) is 24.4. The molecule has 1 aliphatic heterocycles. The molecule has 1 aromatic heterocycles. The lowest BCUT2D eigenvalue weighted by atomic mass is 10.1. The Morgan fingerprint density at radius 1 is 1.21 bits per heavy atom. The van der Waals surface area contributed by atoms with Crippen LogP contribution < -0.4 is 15.1 Å². The molecule has 1 saturated heterocycles. The Morgan fingerprint density at radius 2 is 1.92 bits per heavy atom. The van der Waals surface area contributed by atoms with E-state index in [1.54, 1.807) is 12.4 Å². The van der Waals surface area contributed by atoms with E-state index < -0.39 is 0 Å². The van der Waals surface area contributed by atoms with Crippen molar-refractivity contribution in [3.05, 3.63) is 47.8 Å². The number of nitrogens with zero attached hydrogens (tertiary/aromatic N) is 3. The molecule has 2 heterocycles. The number of hydrogen-bond donors (Lipinski definition) is 2. The maximum atomic E-state index is 12.3. The zero-order valence-corrected chi connectivity index (χ0v) is 14.2. The minimum Gasteiger partial charge on any atom is -0.330 e. The van der Waals surface area contributed by atoms with Gasteiger partial charge in [-0.25, -0.2) is 9.97 Å². The first-order valence-corrected chi connectivity index (χ1v) is 8.34. The fraction of sp³-hybridized carbons (Fsp3) is 0.389. The molecule has 1 fully saturated rings. The fourth-order valence-electron chi connectivity index (χ4n) is 2.95. The van der Waals surface area contributed by atoms with Gasteiger partial charge in [-0.05, 0) is 37.1 Å². The highest BCUT2D eigenvalue weighted by Crippen LogP contribution is 2.15. The molecule has 0 aliphatic carbocycles. The number of carbonyl (C=O) groups excluding carboxylic acids is 1. The van der Waals surface area contributed by atoms with Crippen LogP contribution in [-0.4, -0.2) is 48.6 Å². The van der Waals surface area contributed by atoms with Crippen LogP contribution in [0.3, 0.4) is 0 Å². The van der Waals surface area contributed by atoms with Crippen LogP contribution in [0.15, 0.2) is 36.7 Å². The van der Waals surface area contributed by atoms with Gasteiger partial charge in [-0.1, -0.05) is 12.1 Å². The third-order valence-corrected chi connectivity index (χ3v) is 4.38. The molecule has 1 amide bonds. The molecule has 0 bridgehead atoms. The Hall–Kier alpha value is -2.47. The predicted molar refractivity (Wildman–Crippen MR) is 94.4 cm³/mol. The Balaban J connectivity index is 1.51. The van der Waals surface area contributed by atoms with Crippen LogP contribution in [0.4, 0.5) is 11.6 Å². The van der Waals surface area contributed by atoms with Crippen LogP contribution in [0.5, 0.6) is 0 Å². The molecule has 0 atom stereocenters. The first-order chi connectivity index (χ1) is 11.6. The van der Waals surface area contributed by atoms with Crippen LogP contribution in [0, 0.1) is 13.8 Å². The molecule has 0 spiro atoms. The number of quaternary nitrogens is 1. The van der Waals surface area contributed by atoms with E-state index in [1.165, 1.54) is 4.90 Å². The van der Waals surface area contributed by atoms with E-state index in [2.05, 4.69) is 26.3 Å². The van der Waals surface area contributed by atoms with Crippen molar-refractivity contribution in [3.63, 3.8) is 0 Å². The maximum absolute atomic E-state index is 12.3. The van der Waals surface area contributed by atoms with Gasteiger partial charge in [0.15, 0.2) is 6.54 Å². The number of amides is 1. The molecule has 3 rings (SSSR count). The first-order valence-electron chi connectivity index (χ1n) is 8.34. The standard InChI is InChI=1S/C18H23N5O/c1-14-4-5-15(2)16(12-14)21-17(24)13-22-8-10-23(11-9-22)18-19-6-3-7-20-18/h3-7,12H,8-11,13H2,1-2H3,(H,21,24)/p+1. The van der Waals surface area contributed by atoms with E-state index in [1.807, 2.05) is 32.0 Å². The number of piperazine rings is 1. The molecule has 1 aromatic carbocycles. The predicted octanol–water partition coefficient (Wildman–Crippen LogP) is 0.437. The van der Waals surface area contributed by atoms with Gasteiger partial charge in [-0.3, -0.25) is 4.79 Å². The van der Waals surface area contributed by atoms with E-state index in [9.17, 15) is 4.79 Å². The molecule has 0 unspecified atom stereocenters. The lowest BCUT2D eigenvalue weighted by molar-refractivity contribution is -0.892. The Morgan fingerprint density at radius 3 is 2.62 bits per heavy atom. The minimum atomic E-state index is 0.0723. The maximum Gasteiger partial charge on any atom is 0.279 e. The largest absolute Gasteiger partial charge is 0.330 e. The average molecular weight is 326 g/mol. The molecule has 6 heteroatoms. The van der Waals surface area contributed by atoms with E-state index in [-0.39, 0.29) is 5.91 Å². The number of aryl methyl sites for hydroxylation is 2.